The van der Waals surface area contributed by atoms with Crippen LogP contribution in [0.2, 0.25) is 0 Å². The molecule has 0 aliphatic carbocycles. The summed E-state index contributed by atoms with van der Waals surface area (Å²) in [4.78, 5) is 7.33. The molecule has 2 N–H and O–H groups in total. The topological polar surface area (TPSA) is 48.9 Å². The molecule has 0 saturated carbocycles. The first-order chi connectivity index (χ1) is 10.2. The predicted molar refractivity (Wildman–Crippen MR) is 89.9 cm³/mol. The van der Waals surface area contributed by atoms with Gasteiger partial charge in [0.05, 0.1) is 0 Å². The summed E-state index contributed by atoms with van der Waals surface area (Å²) in [5.41, 5.74) is 0. The number of ether oxygens (including phenoxy) is 1. The number of piperidine rings is 1. The second-order valence-electron chi connectivity index (χ2n) is 6.09. The Morgan fingerprint density at radius 1 is 1.38 bits per heavy atom. The Kier molecular flexibility index (Phi) is 9.42. The van der Waals surface area contributed by atoms with Crippen molar-refractivity contribution < 1.29 is 4.74 Å². The van der Waals surface area contributed by atoms with Crippen molar-refractivity contribution in [1.29, 1.82) is 0 Å². The number of nitrogens with zero attached hydrogens (tertiary/aromatic N) is 2. The summed E-state index contributed by atoms with van der Waals surface area (Å²) in [5.74, 6) is 1.63. The van der Waals surface area contributed by atoms with Gasteiger partial charge in [-0.25, -0.2) is 0 Å². The van der Waals surface area contributed by atoms with Crippen LogP contribution < -0.4 is 10.6 Å². The molecule has 0 bridgehead atoms. The smallest absolute Gasteiger partial charge is 0.191 e. The maximum absolute atomic E-state index is 5.07. The lowest BCUT2D eigenvalue weighted by molar-refractivity contribution is 0.143. The maximum Gasteiger partial charge on any atom is 0.191 e. The van der Waals surface area contributed by atoms with Crippen LogP contribution in [0.25, 0.3) is 0 Å². The minimum absolute atomic E-state index is 0.650. The van der Waals surface area contributed by atoms with Crippen LogP contribution in [0.3, 0.4) is 0 Å². The summed E-state index contributed by atoms with van der Waals surface area (Å²) in [6.45, 7) is 12.6. The molecule has 1 unspecified atom stereocenters. The zero-order chi connectivity index (χ0) is 15.5. The molecule has 0 spiro atoms. The Bertz CT molecular complexity index is 294. The highest BCUT2D eigenvalue weighted by atomic mass is 16.5. The number of methoxy groups -OCH3 is 1. The number of likely N-dealkylation sites (tertiary alicyclic amines) is 1. The monoisotopic (exact) mass is 298 g/mol. The van der Waals surface area contributed by atoms with Crippen molar-refractivity contribution in [1.82, 2.24) is 15.5 Å². The molecular weight excluding hydrogens is 264 g/mol. The molecule has 0 aromatic carbocycles. The molecule has 1 fully saturated rings. The zero-order valence-electron chi connectivity index (χ0n) is 14.3. The fourth-order valence-corrected chi connectivity index (χ4v) is 2.70. The van der Waals surface area contributed by atoms with Gasteiger partial charge in [0.15, 0.2) is 5.96 Å². The molecule has 1 heterocycles. The fourth-order valence-electron chi connectivity index (χ4n) is 2.70. The van der Waals surface area contributed by atoms with E-state index in [9.17, 15) is 0 Å². The largest absolute Gasteiger partial charge is 0.385 e. The summed E-state index contributed by atoms with van der Waals surface area (Å²) in [6.07, 6.45) is 3.61. The molecule has 124 valence electrons. The first kappa shape index (κ1) is 18.2. The van der Waals surface area contributed by atoms with Gasteiger partial charge in [-0.2, -0.15) is 0 Å². The second kappa shape index (κ2) is 10.9. The Hall–Kier alpha value is -0.810. The third-order valence-electron chi connectivity index (χ3n) is 3.95. The summed E-state index contributed by atoms with van der Waals surface area (Å²) >= 11 is 0. The van der Waals surface area contributed by atoms with Crippen LogP contribution in [0.1, 0.15) is 40.0 Å². The minimum Gasteiger partial charge on any atom is -0.385 e. The fraction of sp³-hybridized carbons (Fsp3) is 0.938. The van der Waals surface area contributed by atoms with Crippen LogP contribution in [0.5, 0.6) is 0 Å². The van der Waals surface area contributed by atoms with Crippen LogP contribution in [0.4, 0.5) is 0 Å². The molecule has 1 aliphatic rings. The highest BCUT2D eigenvalue weighted by Gasteiger charge is 2.21. The second-order valence-corrected chi connectivity index (χ2v) is 6.09. The molecule has 0 radical (unpaired) electrons. The van der Waals surface area contributed by atoms with Gasteiger partial charge in [0.2, 0.25) is 0 Å². The molecule has 1 rings (SSSR count). The first-order valence-electron chi connectivity index (χ1n) is 8.42. The lowest BCUT2D eigenvalue weighted by Gasteiger charge is -2.34. The van der Waals surface area contributed by atoms with E-state index in [-0.39, 0.29) is 0 Å². The molecule has 1 atom stereocenters. The Labute approximate surface area is 130 Å². The normalized spacial score (nSPS) is 20.8. The van der Waals surface area contributed by atoms with E-state index in [1.54, 1.807) is 7.11 Å². The van der Waals surface area contributed by atoms with Crippen LogP contribution in [-0.2, 0) is 4.74 Å². The van der Waals surface area contributed by atoms with Crippen molar-refractivity contribution >= 4 is 5.96 Å². The molecule has 1 aliphatic heterocycles. The average Bonchev–Trinajstić information content (AvgIpc) is 2.49. The van der Waals surface area contributed by atoms with Crippen molar-refractivity contribution in [3.05, 3.63) is 0 Å². The third kappa shape index (κ3) is 7.67. The molecule has 5 heteroatoms. The van der Waals surface area contributed by atoms with E-state index in [4.69, 9.17) is 9.73 Å². The van der Waals surface area contributed by atoms with E-state index in [1.807, 2.05) is 0 Å². The Morgan fingerprint density at radius 3 is 2.86 bits per heavy atom. The van der Waals surface area contributed by atoms with Gasteiger partial charge >= 0.3 is 0 Å². The molecule has 21 heavy (non-hydrogen) atoms. The number of guanidine groups is 1. The van der Waals surface area contributed by atoms with E-state index >= 15 is 0 Å². The number of aliphatic imine (C=N–C) groups is 1. The lowest BCUT2D eigenvalue weighted by Crippen LogP contribution is -2.42. The van der Waals surface area contributed by atoms with Gasteiger partial charge in [0, 0.05) is 45.9 Å². The zero-order valence-corrected chi connectivity index (χ0v) is 14.3. The standard InChI is InChI=1S/C16H34N4O/c1-5-17-16(18-9-7-11-21-4)19-12-15-8-6-10-20(13-15)14(2)3/h14-15H,5-13H2,1-4H3,(H2,17,18,19). The molecule has 0 amide bonds. The van der Waals surface area contributed by atoms with E-state index < -0.39 is 0 Å². The number of hydrogen-bond donors (Lipinski definition) is 2. The highest BCUT2D eigenvalue weighted by Crippen LogP contribution is 2.18. The van der Waals surface area contributed by atoms with Crippen LogP contribution in [-0.4, -0.2) is 63.3 Å². The van der Waals surface area contributed by atoms with Gasteiger partial charge in [-0.1, -0.05) is 0 Å². The predicted octanol–water partition coefficient (Wildman–Crippen LogP) is 1.70. The Morgan fingerprint density at radius 2 is 2.19 bits per heavy atom. The number of rotatable bonds is 8. The van der Waals surface area contributed by atoms with Crippen LogP contribution in [0.15, 0.2) is 4.99 Å². The third-order valence-corrected chi connectivity index (χ3v) is 3.95. The maximum atomic E-state index is 5.07. The minimum atomic E-state index is 0.650. The van der Waals surface area contributed by atoms with Crippen LogP contribution >= 0.6 is 0 Å². The van der Waals surface area contributed by atoms with Gasteiger partial charge in [-0.15, -0.1) is 0 Å². The van der Waals surface area contributed by atoms with Crippen molar-refractivity contribution in [2.45, 2.75) is 46.1 Å². The molecule has 1 saturated heterocycles. The first-order valence-corrected chi connectivity index (χ1v) is 8.42. The van der Waals surface area contributed by atoms with Gasteiger partial charge < -0.3 is 20.3 Å². The molecule has 0 aromatic rings. The lowest BCUT2D eigenvalue weighted by atomic mass is 9.97. The van der Waals surface area contributed by atoms with Crippen LogP contribution in [0, 0.1) is 5.92 Å². The quantitative estimate of drug-likeness (QED) is 0.407. The van der Waals surface area contributed by atoms with Crippen molar-refractivity contribution in [3.8, 4) is 0 Å². The highest BCUT2D eigenvalue weighted by molar-refractivity contribution is 5.79. The molecular formula is C16H34N4O. The Balaban J connectivity index is 2.37. The van der Waals surface area contributed by atoms with E-state index in [0.29, 0.717) is 12.0 Å². The molecule has 5 nitrogen and oxygen atoms in total. The van der Waals surface area contributed by atoms with E-state index in [1.165, 1.54) is 25.9 Å². The van der Waals surface area contributed by atoms with E-state index in [2.05, 4.69) is 36.3 Å². The summed E-state index contributed by atoms with van der Waals surface area (Å²) in [5, 5.41) is 6.69. The summed E-state index contributed by atoms with van der Waals surface area (Å²) < 4.78 is 5.07. The van der Waals surface area contributed by atoms with Crippen molar-refractivity contribution in [3.63, 3.8) is 0 Å². The van der Waals surface area contributed by atoms with Gasteiger partial charge in [0.25, 0.3) is 0 Å². The van der Waals surface area contributed by atoms with Gasteiger partial charge in [-0.05, 0) is 52.5 Å². The summed E-state index contributed by atoms with van der Waals surface area (Å²) in [7, 11) is 1.74. The average molecular weight is 298 g/mol. The van der Waals surface area contributed by atoms with Gasteiger partial charge in [0.1, 0.15) is 0 Å². The van der Waals surface area contributed by atoms with Crippen molar-refractivity contribution in [2.24, 2.45) is 10.9 Å². The van der Waals surface area contributed by atoms with E-state index in [0.717, 1.165) is 38.6 Å². The number of nitrogens with one attached hydrogen (secondary N) is 2. The summed E-state index contributed by atoms with van der Waals surface area (Å²) in [6, 6.07) is 0.650. The van der Waals surface area contributed by atoms with Crippen molar-refractivity contribution in [2.75, 3.05) is 46.4 Å². The SMILES string of the molecule is CCNC(=NCC1CCCN(C(C)C)C1)NCCCOC. The molecule has 0 aromatic heterocycles. The number of hydrogen-bond acceptors (Lipinski definition) is 3. The van der Waals surface area contributed by atoms with Gasteiger partial charge in [-0.3, -0.25) is 4.99 Å².